The van der Waals surface area contributed by atoms with Gasteiger partial charge in [-0.2, -0.15) is 0 Å². The molecule has 0 bridgehead atoms. The first-order valence-electron chi connectivity index (χ1n) is 13.2. The summed E-state index contributed by atoms with van der Waals surface area (Å²) in [7, 11) is 4.53. The van der Waals surface area contributed by atoms with Crippen molar-refractivity contribution in [1.29, 1.82) is 0 Å². The van der Waals surface area contributed by atoms with E-state index in [1.165, 1.54) is 24.0 Å². The Morgan fingerprint density at radius 3 is 2.63 bits per heavy atom. The van der Waals surface area contributed by atoms with E-state index in [-0.39, 0.29) is 18.2 Å². The topological polar surface area (TPSA) is 88.4 Å². The van der Waals surface area contributed by atoms with Crippen molar-refractivity contribution >= 4 is 29.1 Å². The van der Waals surface area contributed by atoms with Crippen LogP contribution in [0, 0.1) is 0 Å². The first-order chi connectivity index (χ1) is 20.0. The number of carbonyl (C=O) groups is 1. The lowest BCUT2D eigenvalue weighted by atomic mass is 9.83. The van der Waals surface area contributed by atoms with Crippen LogP contribution in [0.25, 0.3) is 11.8 Å². The number of hydrogen-bond donors (Lipinski definition) is 0. The van der Waals surface area contributed by atoms with E-state index in [0.717, 1.165) is 40.8 Å². The number of aromatic nitrogens is 1. The van der Waals surface area contributed by atoms with Gasteiger partial charge in [0.05, 0.1) is 37.6 Å². The highest BCUT2D eigenvalue weighted by atomic mass is 32.1. The summed E-state index contributed by atoms with van der Waals surface area (Å²) < 4.78 is 23.6. The molecule has 2 aliphatic rings. The molecule has 0 radical (unpaired) electrons. The van der Waals surface area contributed by atoms with Gasteiger partial charge in [0.2, 0.25) is 0 Å². The summed E-state index contributed by atoms with van der Waals surface area (Å²) in [4.78, 5) is 31.3. The van der Waals surface area contributed by atoms with Crippen molar-refractivity contribution in [3.63, 3.8) is 0 Å². The summed E-state index contributed by atoms with van der Waals surface area (Å²) in [5.41, 5.74) is 5.96. The zero-order valence-corrected chi connectivity index (χ0v) is 23.7. The average molecular weight is 569 g/mol. The monoisotopic (exact) mass is 568 g/mol. The van der Waals surface area contributed by atoms with Gasteiger partial charge in [0.15, 0.2) is 22.9 Å². The minimum absolute atomic E-state index is 0.125. The first-order valence-corrected chi connectivity index (χ1v) is 14.0. The van der Waals surface area contributed by atoms with Gasteiger partial charge in [-0.15, -0.1) is 0 Å². The molecule has 0 amide bonds. The van der Waals surface area contributed by atoms with Gasteiger partial charge in [-0.3, -0.25) is 9.36 Å². The fraction of sp³-hybridized carbons (Fsp3) is 0.219. The Bertz CT molecular complexity index is 1870. The summed E-state index contributed by atoms with van der Waals surface area (Å²) in [6, 6.07) is 21.0. The number of methoxy groups -OCH3 is 3. The number of fused-ring (bicyclic) bond motifs is 3. The second-order valence-electron chi connectivity index (χ2n) is 9.67. The summed E-state index contributed by atoms with van der Waals surface area (Å²) in [5.74, 6) is 1.27. The number of nitrogens with zero attached hydrogens (tertiary/aromatic N) is 2. The van der Waals surface area contributed by atoms with Crippen LogP contribution in [0.4, 0.5) is 0 Å². The second-order valence-corrected chi connectivity index (χ2v) is 10.7. The lowest BCUT2D eigenvalue weighted by Crippen LogP contribution is -2.38. The molecular formula is C32H28N2O6S. The molecule has 0 spiro atoms. The Hall–Kier alpha value is -4.63. The van der Waals surface area contributed by atoms with Crippen molar-refractivity contribution in [2.45, 2.75) is 18.9 Å². The number of esters is 1. The van der Waals surface area contributed by atoms with Crippen LogP contribution >= 0.6 is 11.3 Å². The largest absolute Gasteiger partial charge is 0.493 e. The molecule has 3 aromatic carbocycles. The van der Waals surface area contributed by atoms with Crippen molar-refractivity contribution in [2.75, 3.05) is 27.9 Å². The van der Waals surface area contributed by atoms with E-state index in [9.17, 15) is 9.59 Å². The van der Waals surface area contributed by atoms with Gasteiger partial charge in [-0.25, -0.2) is 9.79 Å². The Morgan fingerprint density at radius 1 is 1.00 bits per heavy atom. The molecule has 0 saturated carbocycles. The normalized spacial score (nSPS) is 15.8. The van der Waals surface area contributed by atoms with E-state index in [4.69, 9.17) is 19.2 Å². The highest BCUT2D eigenvalue weighted by Crippen LogP contribution is 2.42. The zero-order valence-electron chi connectivity index (χ0n) is 22.9. The van der Waals surface area contributed by atoms with Crippen LogP contribution in [0.1, 0.15) is 34.7 Å². The molecular weight excluding hydrogens is 540 g/mol. The van der Waals surface area contributed by atoms with Crippen molar-refractivity contribution in [2.24, 2.45) is 4.99 Å². The third kappa shape index (κ3) is 4.93. The van der Waals surface area contributed by atoms with Gasteiger partial charge < -0.3 is 18.9 Å². The summed E-state index contributed by atoms with van der Waals surface area (Å²) >= 11 is 1.35. The van der Waals surface area contributed by atoms with Crippen LogP contribution in [0.5, 0.6) is 17.2 Å². The first kappa shape index (κ1) is 26.6. The fourth-order valence-electron chi connectivity index (χ4n) is 5.39. The number of carbonyl (C=O) groups excluding carboxylic acids is 1. The molecule has 0 saturated heterocycles. The van der Waals surface area contributed by atoms with Crippen molar-refractivity contribution in [3.8, 4) is 17.2 Å². The van der Waals surface area contributed by atoms with Crippen molar-refractivity contribution in [3.05, 3.63) is 114 Å². The summed E-state index contributed by atoms with van der Waals surface area (Å²) in [5, 5.41) is 0. The van der Waals surface area contributed by atoms with E-state index in [1.807, 2.05) is 42.5 Å². The third-order valence-electron chi connectivity index (χ3n) is 7.34. The van der Waals surface area contributed by atoms with Crippen LogP contribution in [0.15, 0.2) is 82.1 Å². The number of allylic oxidation sites excluding steroid dienone is 1. The minimum atomic E-state index is -0.468. The summed E-state index contributed by atoms with van der Waals surface area (Å²) in [6.45, 7) is -0.194. The van der Waals surface area contributed by atoms with Gasteiger partial charge in [-0.1, -0.05) is 53.8 Å². The maximum absolute atomic E-state index is 14.0. The van der Waals surface area contributed by atoms with Gasteiger partial charge in [0.25, 0.3) is 5.56 Å². The van der Waals surface area contributed by atoms with Crippen LogP contribution in [0.2, 0.25) is 0 Å². The Labute approximate surface area is 240 Å². The molecule has 1 atom stereocenters. The molecule has 1 aromatic heterocycles. The number of hydrogen-bond acceptors (Lipinski definition) is 8. The predicted molar refractivity (Wildman–Crippen MR) is 156 cm³/mol. The third-order valence-corrected chi connectivity index (χ3v) is 8.32. The molecule has 9 heteroatoms. The highest BCUT2D eigenvalue weighted by Gasteiger charge is 2.33. The molecule has 2 heterocycles. The Kier molecular flexibility index (Phi) is 7.19. The quantitative estimate of drug-likeness (QED) is 0.315. The number of thiazole rings is 1. The molecule has 8 nitrogen and oxygen atoms in total. The van der Waals surface area contributed by atoms with Gasteiger partial charge in [0.1, 0.15) is 5.75 Å². The van der Waals surface area contributed by atoms with E-state index < -0.39 is 5.97 Å². The predicted octanol–water partition coefficient (Wildman–Crippen LogP) is 3.89. The number of benzene rings is 3. The van der Waals surface area contributed by atoms with Crippen molar-refractivity contribution in [1.82, 2.24) is 4.57 Å². The molecule has 0 fully saturated rings. The van der Waals surface area contributed by atoms with E-state index in [1.54, 1.807) is 30.9 Å². The Balaban J connectivity index is 1.51. The lowest BCUT2D eigenvalue weighted by Gasteiger charge is -2.31. The molecule has 6 rings (SSSR count). The molecule has 1 aliphatic heterocycles. The average Bonchev–Trinajstić information content (AvgIpc) is 3.32. The number of aryl methyl sites for hydroxylation is 1. The fourth-order valence-corrected chi connectivity index (χ4v) is 6.39. The zero-order chi connectivity index (χ0) is 28.5. The molecule has 0 N–H and O–H groups in total. The highest BCUT2D eigenvalue weighted by molar-refractivity contribution is 7.07. The van der Waals surface area contributed by atoms with Crippen molar-refractivity contribution < 1.29 is 23.7 Å². The molecule has 1 aliphatic carbocycles. The van der Waals surface area contributed by atoms with Gasteiger partial charge in [-0.05, 0) is 65.4 Å². The lowest BCUT2D eigenvalue weighted by molar-refractivity contribution is -0.142. The van der Waals surface area contributed by atoms with E-state index >= 15 is 0 Å². The Morgan fingerprint density at radius 2 is 1.83 bits per heavy atom. The van der Waals surface area contributed by atoms with E-state index in [2.05, 4.69) is 22.9 Å². The standard InChI is InChI=1S/C32H28N2O6S/c1-37-25-14-12-21(17-26(25)38-2)30-24-13-11-20-8-4-5-10-23(20)29(24)33-32-34(30)31(36)27(41-32)16-19-7-6-9-22(15-19)40-18-28(35)39-3/h4-10,12,14-17,30H,11,13,18H2,1-3H3. The van der Waals surface area contributed by atoms with Crippen LogP contribution in [-0.2, 0) is 16.0 Å². The van der Waals surface area contributed by atoms with Crippen LogP contribution < -0.4 is 29.1 Å². The number of rotatable bonds is 7. The van der Waals surface area contributed by atoms with E-state index in [0.29, 0.717) is 26.6 Å². The van der Waals surface area contributed by atoms with Gasteiger partial charge >= 0.3 is 5.97 Å². The second kappa shape index (κ2) is 11.1. The maximum atomic E-state index is 14.0. The smallest absolute Gasteiger partial charge is 0.343 e. The molecule has 208 valence electrons. The molecule has 1 unspecified atom stereocenters. The SMILES string of the molecule is COC(=O)COc1cccc(C=c2sc3n(c2=O)C(c2ccc(OC)c(OC)c2)C2=C(N=3)c3ccccc3CC2)c1. The van der Waals surface area contributed by atoms with Gasteiger partial charge in [0, 0.05) is 5.56 Å². The van der Waals surface area contributed by atoms with Crippen LogP contribution in [-0.4, -0.2) is 38.5 Å². The minimum Gasteiger partial charge on any atom is -0.493 e. The molecule has 4 aromatic rings. The number of ether oxygens (including phenoxy) is 4. The van der Waals surface area contributed by atoms with Crippen LogP contribution in [0.3, 0.4) is 0 Å². The molecule has 41 heavy (non-hydrogen) atoms. The maximum Gasteiger partial charge on any atom is 0.343 e. The summed E-state index contributed by atoms with van der Waals surface area (Å²) in [6.07, 6.45) is 3.49.